The van der Waals surface area contributed by atoms with Crippen LogP contribution in [0.15, 0.2) is 23.2 Å². The zero-order chi connectivity index (χ0) is 22.1. The molecule has 32 heavy (non-hydrogen) atoms. The summed E-state index contributed by atoms with van der Waals surface area (Å²) in [7, 11) is 3.20. The van der Waals surface area contributed by atoms with E-state index in [-0.39, 0.29) is 30.5 Å². The maximum atomic E-state index is 10.7. The third-order valence-electron chi connectivity index (χ3n) is 6.44. The minimum atomic E-state index is -0.708. The standard InChI is InChI=1S/C24H40N4O3.HI/c1-4-25-24(26-16-21(29)18-12-13-22(30-2)23(15-18)31-3)27-19-9-8-14-28(17-19)20-10-6-5-7-11-20;/h12-13,15,19-21,29H,4-11,14,16-17H2,1-3H3,(H2,25,26,27);1H. The minimum absolute atomic E-state index is 0. The van der Waals surface area contributed by atoms with Crippen LogP contribution in [-0.2, 0) is 0 Å². The summed E-state index contributed by atoms with van der Waals surface area (Å²) in [4.78, 5) is 7.36. The lowest BCUT2D eigenvalue weighted by atomic mass is 9.92. The van der Waals surface area contributed by atoms with Gasteiger partial charge < -0.3 is 25.2 Å². The molecule has 0 aromatic heterocycles. The summed E-state index contributed by atoms with van der Waals surface area (Å²) < 4.78 is 10.6. The van der Waals surface area contributed by atoms with Gasteiger partial charge in [0.2, 0.25) is 0 Å². The number of piperidine rings is 1. The Hall–Kier alpha value is -1.26. The van der Waals surface area contributed by atoms with Gasteiger partial charge in [-0.05, 0) is 56.8 Å². The molecular weight excluding hydrogens is 519 g/mol. The smallest absolute Gasteiger partial charge is 0.191 e. The molecule has 1 aromatic rings. The van der Waals surface area contributed by atoms with Crippen LogP contribution in [0.4, 0.5) is 0 Å². The monoisotopic (exact) mass is 560 g/mol. The highest BCUT2D eigenvalue weighted by molar-refractivity contribution is 14.0. The number of benzene rings is 1. The van der Waals surface area contributed by atoms with Gasteiger partial charge in [0.25, 0.3) is 0 Å². The normalized spacial score (nSPS) is 21.4. The topological polar surface area (TPSA) is 78.4 Å². The Bertz CT molecular complexity index is 712. The van der Waals surface area contributed by atoms with Crippen molar-refractivity contribution in [1.29, 1.82) is 0 Å². The van der Waals surface area contributed by atoms with Gasteiger partial charge in [0.1, 0.15) is 0 Å². The van der Waals surface area contributed by atoms with Crippen molar-refractivity contribution in [2.75, 3.05) is 40.4 Å². The molecule has 3 rings (SSSR count). The molecule has 1 saturated carbocycles. The number of aliphatic hydroxyl groups is 1. The van der Waals surface area contributed by atoms with Crippen LogP contribution in [0.5, 0.6) is 11.5 Å². The van der Waals surface area contributed by atoms with E-state index in [2.05, 4.69) is 27.4 Å². The lowest BCUT2D eigenvalue weighted by Crippen LogP contribution is -2.53. The lowest BCUT2D eigenvalue weighted by molar-refractivity contribution is 0.115. The fraction of sp³-hybridized carbons (Fsp3) is 0.708. The Morgan fingerprint density at radius 3 is 2.56 bits per heavy atom. The Balaban J connectivity index is 0.00000363. The predicted octanol–water partition coefficient (Wildman–Crippen LogP) is 3.71. The molecule has 2 fully saturated rings. The quantitative estimate of drug-likeness (QED) is 0.256. The zero-order valence-corrected chi connectivity index (χ0v) is 22.1. The van der Waals surface area contributed by atoms with Gasteiger partial charge in [0, 0.05) is 25.2 Å². The van der Waals surface area contributed by atoms with Gasteiger partial charge in [-0.1, -0.05) is 25.3 Å². The highest BCUT2D eigenvalue weighted by atomic mass is 127. The first kappa shape index (κ1) is 27.0. The first-order valence-corrected chi connectivity index (χ1v) is 11.8. The number of hydrogen-bond acceptors (Lipinski definition) is 5. The second-order valence-electron chi connectivity index (χ2n) is 8.62. The summed E-state index contributed by atoms with van der Waals surface area (Å²) in [5, 5.41) is 17.6. The van der Waals surface area contributed by atoms with Crippen molar-refractivity contribution < 1.29 is 14.6 Å². The maximum absolute atomic E-state index is 10.7. The van der Waals surface area contributed by atoms with E-state index in [9.17, 15) is 5.11 Å². The van der Waals surface area contributed by atoms with Crippen molar-refractivity contribution in [2.24, 2.45) is 4.99 Å². The number of aliphatic hydroxyl groups excluding tert-OH is 1. The van der Waals surface area contributed by atoms with Crippen molar-refractivity contribution in [3.05, 3.63) is 23.8 Å². The summed E-state index contributed by atoms with van der Waals surface area (Å²) in [6, 6.07) is 6.62. The van der Waals surface area contributed by atoms with Gasteiger partial charge in [-0.15, -0.1) is 24.0 Å². The van der Waals surface area contributed by atoms with Crippen molar-refractivity contribution in [3.8, 4) is 11.5 Å². The molecular formula is C24H41IN4O3. The molecule has 1 aromatic carbocycles. The molecule has 0 spiro atoms. The average molecular weight is 561 g/mol. The minimum Gasteiger partial charge on any atom is -0.493 e. The highest BCUT2D eigenvalue weighted by Gasteiger charge is 2.27. The molecule has 3 N–H and O–H groups in total. The van der Waals surface area contributed by atoms with Crippen LogP contribution in [0.2, 0.25) is 0 Å². The molecule has 1 saturated heterocycles. The molecule has 1 aliphatic heterocycles. The maximum Gasteiger partial charge on any atom is 0.191 e. The second-order valence-corrected chi connectivity index (χ2v) is 8.62. The number of ether oxygens (including phenoxy) is 2. The lowest BCUT2D eigenvalue weighted by Gasteiger charge is -2.40. The van der Waals surface area contributed by atoms with E-state index in [0.717, 1.165) is 37.1 Å². The van der Waals surface area contributed by atoms with Gasteiger partial charge in [-0.3, -0.25) is 9.89 Å². The van der Waals surface area contributed by atoms with Crippen molar-refractivity contribution in [2.45, 2.75) is 70.1 Å². The number of aliphatic imine (C=N–C) groups is 1. The van der Waals surface area contributed by atoms with Gasteiger partial charge in [-0.25, -0.2) is 0 Å². The summed E-state index contributed by atoms with van der Waals surface area (Å²) in [6.07, 6.45) is 8.51. The van der Waals surface area contributed by atoms with E-state index < -0.39 is 6.10 Å². The number of nitrogens with one attached hydrogen (secondary N) is 2. The number of likely N-dealkylation sites (tertiary alicyclic amines) is 1. The van der Waals surface area contributed by atoms with Crippen molar-refractivity contribution in [1.82, 2.24) is 15.5 Å². The zero-order valence-electron chi connectivity index (χ0n) is 19.8. The molecule has 2 atom stereocenters. The van der Waals surface area contributed by atoms with Crippen LogP contribution in [0.1, 0.15) is 63.5 Å². The van der Waals surface area contributed by atoms with E-state index in [4.69, 9.17) is 9.47 Å². The average Bonchev–Trinajstić information content (AvgIpc) is 2.82. The third kappa shape index (κ3) is 7.66. The number of nitrogens with zero attached hydrogens (tertiary/aromatic N) is 2. The van der Waals surface area contributed by atoms with Crippen LogP contribution in [-0.4, -0.2) is 68.4 Å². The van der Waals surface area contributed by atoms with Gasteiger partial charge in [0.15, 0.2) is 17.5 Å². The molecule has 0 amide bonds. The van der Waals surface area contributed by atoms with Crippen LogP contribution < -0.4 is 20.1 Å². The van der Waals surface area contributed by atoms with Crippen molar-refractivity contribution in [3.63, 3.8) is 0 Å². The van der Waals surface area contributed by atoms with Crippen LogP contribution in [0.3, 0.4) is 0 Å². The second kappa shape index (κ2) is 14.1. The van der Waals surface area contributed by atoms with Crippen molar-refractivity contribution >= 4 is 29.9 Å². The SMILES string of the molecule is CCNC(=NCC(O)c1ccc(OC)c(OC)c1)NC1CCCN(C2CCCCC2)C1.I. The van der Waals surface area contributed by atoms with Crippen LogP contribution in [0, 0.1) is 0 Å². The Labute approximate surface area is 210 Å². The summed E-state index contributed by atoms with van der Waals surface area (Å²) >= 11 is 0. The van der Waals surface area contributed by atoms with E-state index in [1.54, 1.807) is 14.2 Å². The molecule has 7 nitrogen and oxygen atoms in total. The van der Waals surface area contributed by atoms with Gasteiger partial charge >= 0.3 is 0 Å². The largest absolute Gasteiger partial charge is 0.493 e. The summed E-state index contributed by atoms with van der Waals surface area (Å²) in [5.41, 5.74) is 0.762. The van der Waals surface area contributed by atoms with E-state index in [1.807, 2.05) is 18.2 Å². The molecule has 2 unspecified atom stereocenters. The van der Waals surface area contributed by atoms with Gasteiger partial charge in [-0.2, -0.15) is 0 Å². The molecule has 182 valence electrons. The summed E-state index contributed by atoms with van der Waals surface area (Å²) in [6.45, 7) is 5.43. The van der Waals surface area contributed by atoms with E-state index in [0.29, 0.717) is 17.5 Å². The molecule has 2 aliphatic rings. The predicted molar refractivity (Wildman–Crippen MR) is 141 cm³/mol. The van der Waals surface area contributed by atoms with Crippen LogP contribution >= 0.6 is 24.0 Å². The first-order chi connectivity index (χ1) is 15.1. The Morgan fingerprint density at radius 1 is 1.12 bits per heavy atom. The fourth-order valence-electron chi connectivity index (χ4n) is 4.76. The number of guanidine groups is 1. The Morgan fingerprint density at radius 2 is 1.88 bits per heavy atom. The number of hydrogen-bond donors (Lipinski definition) is 3. The molecule has 0 radical (unpaired) electrons. The fourth-order valence-corrected chi connectivity index (χ4v) is 4.76. The van der Waals surface area contributed by atoms with E-state index >= 15 is 0 Å². The van der Waals surface area contributed by atoms with E-state index in [1.165, 1.54) is 45.1 Å². The molecule has 1 heterocycles. The highest BCUT2D eigenvalue weighted by Crippen LogP contribution is 2.30. The molecule has 8 heteroatoms. The van der Waals surface area contributed by atoms with Gasteiger partial charge in [0.05, 0.1) is 26.9 Å². The molecule has 0 bridgehead atoms. The molecule has 1 aliphatic carbocycles. The first-order valence-electron chi connectivity index (χ1n) is 11.8. The third-order valence-corrected chi connectivity index (χ3v) is 6.44. The number of methoxy groups -OCH3 is 2. The number of halogens is 1. The van der Waals surface area contributed by atoms with Crippen LogP contribution in [0.25, 0.3) is 0 Å². The number of rotatable bonds is 8. The summed E-state index contributed by atoms with van der Waals surface area (Å²) in [5.74, 6) is 2.03. The Kier molecular flexibility index (Phi) is 11.9.